The summed E-state index contributed by atoms with van der Waals surface area (Å²) < 4.78 is 0. The molecule has 0 radical (unpaired) electrons. The number of hydrogen-bond donors (Lipinski definition) is 1. The molecule has 3 aromatic rings. The van der Waals surface area contributed by atoms with E-state index in [9.17, 15) is 4.79 Å². The molecule has 130 valence electrons. The fraction of sp³-hybridized carbons (Fsp3) is 0.333. The van der Waals surface area contributed by atoms with Gasteiger partial charge in [0.05, 0.1) is 10.9 Å². The van der Waals surface area contributed by atoms with Crippen molar-refractivity contribution in [3.8, 4) is 11.4 Å². The second-order valence-corrected chi connectivity index (χ2v) is 6.41. The van der Waals surface area contributed by atoms with E-state index in [1.807, 2.05) is 30.3 Å². The Labute approximate surface area is 148 Å². The number of hydrogen-bond acceptors (Lipinski definition) is 3. The number of benzene rings is 2. The molecule has 0 bridgehead atoms. The van der Waals surface area contributed by atoms with Crippen molar-refractivity contribution in [2.45, 2.75) is 33.2 Å². The van der Waals surface area contributed by atoms with Crippen LogP contribution in [0.4, 0.5) is 0 Å². The largest absolute Gasteiger partial charge is 0.306 e. The Hall–Kier alpha value is -2.46. The Morgan fingerprint density at radius 1 is 1.00 bits per heavy atom. The van der Waals surface area contributed by atoms with Gasteiger partial charge in [-0.1, -0.05) is 44.2 Å². The molecule has 0 unspecified atom stereocenters. The summed E-state index contributed by atoms with van der Waals surface area (Å²) in [5.41, 5.74) is 2.83. The van der Waals surface area contributed by atoms with Crippen LogP contribution in [0.1, 0.15) is 32.3 Å². The standard InChI is InChI=1S/C21H25N3O/c1-3-12-24(13-4-2)15-16-8-7-9-17(14-16)20-22-19-11-6-5-10-18(19)21(25)23-20/h5-11,14H,3-4,12-13,15H2,1-2H3,(H,22,23,25). The van der Waals surface area contributed by atoms with Crippen LogP contribution in [-0.4, -0.2) is 28.0 Å². The molecule has 0 aliphatic carbocycles. The molecule has 25 heavy (non-hydrogen) atoms. The van der Waals surface area contributed by atoms with Crippen LogP contribution in [0, 0.1) is 0 Å². The van der Waals surface area contributed by atoms with E-state index in [2.05, 4.69) is 40.8 Å². The van der Waals surface area contributed by atoms with E-state index in [1.165, 1.54) is 5.56 Å². The van der Waals surface area contributed by atoms with Crippen LogP contribution in [0.25, 0.3) is 22.3 Å². The predicted octanol–water partition coefficient (Wildman–Crippen LogP) is 4.21. The normalized spacial score (nSPS) is 11.3. The molecule has 2 aromatic carbocycles. The minimum atomic E-state index is -0.0930. The number of nitrogens with zero attached hydrogens (tertiary/aromatic N) is 2. The van der Waals surface area contributed by atoms with Gasteiger partial charge in [-0.2, -0.15) is 0 Å². The summed E-state index contributed by atoms with van der Waals surface area (Å²) in [5, 5.41) is 0.625. The summed E-state index contributed by atoms with van der Waals surface area (Å²) in [4.78, 5) is 22.3. The van der Waals surface area contributed by atoms with Crippen molar-refractivity contribution in [2.24, 2.45) is 0 Å². The van der Waals surface area contributed by atoms with E-state index < -0.39 is 0 Å². The van der Waals surface area contributed by atoms with E-state index in [4.69, 9.17) is 0 Å². The van der Waals surface area contributed by atoms with Crippen LogP contribution in [0.3, 0.4) is 0 Å². The van der Waals surface area contributed by atoms with Crippen LogP contribution in [0.15, 0.2) is 53.3 Å². The summed E-state index contributed by atoms with van der Waals surface area (Å²) in [6.45, 7) is 7.55. The lowest BCUT2D eigenvalue weighted by Crippen LogP contribution is -2.24. The molecule has 0 saturated heterocycles. The van der Waals surface area contributed by atoms with E-state index in [0.717, 1.165) is 43.6 Å². The van der Waals surface area contributed by atoms with Gasteiger partial charge in [0.1, 0.15) is 5.82 Å². The first-order valence-corrected chi connectivity index (χ1v) is 9.02. The van der Waals surface area contributed by atoms with E-state index in [1.54, 1.807) is 6.07 Å². The lowest BCUT2D eigenvalue weighted by Gasteiger charge is -2.21. The average molecular weight is 335 g/mol. The maximum Gasteiger partial charge on any atom is 0.259 e. The van der Waals surface area contributed by atoms with Crippen molar-refractivity contribution in [1.82, 2.24) is 14.9 Å². The topological polar surface area (TPSA) is 49.0 Å². The zero-order valence-corrected chi connectivity index (χ0v) is 15.0. The monoisotopic (exact) mass is 335 g/mol. The average Bonchev–Trinajstić information content (AvgIpc) is 2.62. The van der Waals surface area contributed by atoms with Gasteiger partial charge in [0, 0.05) is 12.1 Å². The van der Waals surface area contributed by atoms with Crippen molar-refractivity contribution in [3.63, 3.8) is 0 Å². The van der Waals surface area contributed by atoms with Crippen LogP contribution < -0.4 is 5.56 Å². The minimum Gasteiger partial charge on any atom is -0.306 e. The van der Waals surface area contributed by atoms with Crippen LogP contribution in [0.2, 0.25) is 0 Å². The quantitative estimate of drug-likeness (QED) is 0.703. The molecule has 1 aromatic heterocycles. The van der Waals surface area contributed by atoms with Crippen LogP contribution in [-0.2, 0) is 6.54 Å². The van der Waals surface area contributed by atoms with Gasteiger partial charge in [0.15, 0.2) is 0 Å². The second-order valence-electron chi connectivity index (χ2n) is 6.41. The molecule has 0 atom stereocenters. The van der Waals surface area contributed by atoms with Gasteiger partial charge in [-0.15, -0.1) is 0 Å². The highest BCUT2D eigenvalue weighted by molar-refractivity contribution is 5.79. The Balaban J connectivity index is 1.92. The molecule has 0 spiro atoms. The van der Waals surface area contributed by atoms with Crippen LogP contribution >= 0.6 is 0 Å². The predicted molar refractivity (Wildman–Crippen MR) is 104 cm³/mol. The fourth-order valence-electron chi connectivity index (χ4n) is 3.20. The lowest BCUT2D eigenvalue weighted by molar-refractivity contribution is 0.266. The molecule has 3 rings (SSSR count). The van der Waals surface area contributed by atoms with E-state index in [0.29, 0.717) is 11.2 Å². The molecular weight excluding hydrogens is 310 g/mol. The second kappa shape index (κ2) is 8.08. The van der Waals surface area contributed by atoms with Gasteiger partial charge < -0.3 is 4.98 Å². The van der Waals surface area contributed by atoms with Crippen molar-refractivity contribution in [3.05, 3.63) is 64.4 Å². The molecule has 4 nitrogen and oxygen atoms in total. The third-order valence-corrected chi connectivity index (χ3v) is 4.30. The maximum atomic E-state index is 12.3. The van der Waals surface area contributed by atoms with Crippen molar-refractivity contribution in [1.29, 1.82) is 0 Å². The summed E-state index contributed by atoms with van der Waals surface area (Å²) in [5.74, 6) is 0.628. The molecular formula is C21H25N3O. The molecule has 0 aliphatic rings. The number of aromatic amines is 1. The number of nitrogens with one attached hydrogen (secondary N) is 1. The SMILES string of the molecule is CCCN(CCC)Cc1cccc(-c2nc3ccccc3c(=O)[nH]2)c1. The number of fused-ring (bicyclic) bond motifs is 1. The summed E-state index contributed by atoms with van der Waals surface area (Å²) in [6.07, 6.45) is 2.30. The van der Waals surface area contributed by atoms with Gasteiger partial charge in [-0.05, 0) is 49.7 Å². The van der Waals surface area contributed by atoms with Gasteiger partial charge in [0.25, 0.3) is 5.56 Å². The van der Waals surface area contributed by atoms with Gasteiger partial charge in [-0.25, -0.2) is 4.98 Å². The van der Waals surface area contributed by atoms with Gasteiger partial charge in [-0.3, -0.25) is 9.69 Å². The number of H-pyrrole nitrogens is 1. The minimum absolute atomic E-state index is 0.0930. The third-order valence-electron chi connectivity index (χ3n) is 4.30. The fourth-order valence-corrected chi connectivity index (χ4v) is 3.20. The molecule has 0 fully saturated rings. The zero-order valence-electron chi connectivity index (χ0n) is 15.0. The highest BCUT2D eigenvalue weighted by Gasteiger charge is 2.08. The van der Waals surface area contributed by atoms with Gasteiger partial charge in [0.2, 0.25) is 0 Å². The first-order valence-electron chi connectivity index (χ1n) is 9.02. The van der Waals surface area contributed by atoms with Gasteiger partial charge >= 0.3 is 0 Å². The van der Waals surface area contributed by atoms with Crippen molar-refractivity contribution < 1.29 is 0 Å². The Morgan fingerprint density at radius 2 is 1.76 bits per heavy atom. The molecule has 0 saturated carbocycles. The highest BCUT2D eigenvalue weighted by Crippen LogP contribution is 2.19. The highest BCUT2D eigenvalue weighted by atomic mass is 16.1. The number of para-hydroxylation sites is 1. The summed E-state index contributed by atoms with van der Waals surface area (Å²) >= 11 is 0. The third kappa shape index (κ3) is 4.15. The Bertz CT molecular complexity index is 895. The first kappa shape index (κ1) is 17.4. The summed E-state index contributed by atoms with van der Waals surface area (Å²) in [6, 6.07) is 15.7. The first-order chi connectivity index (χ1) is 12.2. The zero-order chi connectivity index (χ0) is 17.6. The van der Waals surface area contributed by atoms with Crippen LogP contribution in [0.5, 0.6) is 0 Å². The Morgan fingerprint density at radius 3 is 2.52 bits per heavy atom. The molecule has 0 aliphatic heterocycles. The molecule has 1 heterocycles. The maximum absolute atomic E-state index is 12.3. The van der Waals surface area contributed by atoms with E-state index >= 15 is 0 Å². The Kier molecular flexibility index (Phi) is 5.61. The lowest BCUT2D eigenvalue weighted by atomic mass is 10.1. The molecule has 1 N–H and O–H groups in total. The molecule has 0 amide bonds. The molecule has 4 heteroatoms. The van der Waals surface area contributed by atoms with E-state index in [-0.39, 0.29) is 5.56 Å². The summed E-state index contributed by atoms with van der Waals surface area (Å²) in [7, 11) is 0. The number of aromatic nitrogens is 2. The smallest absolute Gasteiger partial charge is 0.259 e. The van der Waals surface area contributed by atoms with Crippen molar-refractivity contribution in [2.75, 3.05) is 13.1 Å². The van der Waals surface area contributed by atoms with Crippen molar-refractivity contribution >= 4 is 10.9 Å². The number of rotatable bonds is 7.